The van der Waals surface area contributed by atoms with E-state index >= 15 is 0 Å². The largest absolute Gasteiger partial charge is 0.497 e. The van der Waals surface area contributed by atoms with Gasteiger partial charge in [0.05, 0.1) is 40.6 Å². The fourth-order valence-corrected chi connectivity index (χ4v) is 5.62. The predicted molar refractivity (Wildman–Crippen MR) is 144 cm³/mol. The first-order valence-electron chi connectivity index (χ1n) is 13.1. The van der Waals surface area contributed by atoms with Crippen molar-refractivity contribution in [3.8, 4) is 22.6 Å². The van der Waals surface area contributed by atoms with Gasteiger partial charge in [-0.25, -0.2) is 9.59 Å². The van der Waals surface area contributed by atoms with Crippen LogP contribution in [-0.4, -0.2) is 68.1 Å². The molecule has 2 N–H and O–H groups in total. The Bertz CT molecular complexity index is 1140. The Kier molecular flexibility index (Phi) is 8.66. The minimum Gasteiger partial charge on any atom is -0.497 e. The number of hydrogen-bond donors (Lipinski definition) is 2. The first-order chi connectivity index (χ1) is 18.3. The highest BCUT2D eigenvalue weighted by atomic mass is 16.5. The number of ether oxygens (including phenoxy) is 4. The summed E-state index contributed by atoms with van der Waals surface area (Å²) in [5.74, 6) is 0.353. The number of methoxy groups -OCH3 is 3. The fourth-order valence-electron chi connectivity index (χ4n) is 5.62. The summed E-state index contributed by atoms with van der Waals surface area (Å²) in [6, 6.07) is 9.67. The minimum atomic E-state index is -1.33. The molecular weight excluding hydrogens is 488 g/mol. The third-order valence-electron chi connectivity index (χ3n) is 7.55. The van der Waals surface area contributed by atoms with Gasteiger partial charge in [-0.3, -0.25) is 0 Å². The van der Waals surface area contributed by atoms with Crippen molar-refractivity contribution in [2.45, 2.75) is 63.7 Å². The highest BCUT2D eigenvalue weighted by Gasteiger charge is 2.44. The summed E-state index contributed by atoms with van der Waals surface area (Å²) in [5.41, 5.74) is 3.16. The maximum absolute atomic E-state index is 12.5. The SMILES string of the molecule is COC(=O)N1CCC[C@@](Nc2cc(C)c(-c3cc(OC)cc(OC)c3)c(COC3CCCC3)c2)(C(=O)O)C1. The van der Waals surface area contributed by atoms with E-state index in [1.807, 2.05) is 37.3 Å². The molecule has 0 radical (unpaired) electrons. The number of aliphatic carboxylic acids is 1. The molecule has 206 valence electrons. The molecule has 1 aliphatic heterocycles. The first-order valence-corrected chi connectivity index (χ1v) is 13.1. The van der Waals surface area contributed by atoms with Crippen LogP contribution in [0.2, 0.25) is 0 Å². The lowest BCUT2D eigenvalue weighted by atomic mass is 9.88. The Morgan fingerprint density at radius 3 is 2.32 bits per heavy atom. The van der Waals surface area contributed by atoms with Crippen LogP contribution in [0.3, 0.4) is 0 Å². The summed E-state index contributed by atoms with van der Waals surface area (Å²) < 4.78 is 22.2. The zero-order chi connectivity index (χ0) is 27.3. The van der Waals surface area contributed by atoms with Crippen molar-refractivity contribution < 1.29 is 33.6 Å². The van der Waals surface area contributed by atoms with E-state index in [0.717, 1.165) is 35.1 Å². The predicted octanol–water partition coefficient (Wildman–Crippen LogP) is 5.24. The number of nitrogens with one attached hydrogen (secondary N) is 1. The average molecular weight is 527 g/mol. The summed E-state index contributed by atoms with van der Waals surface area (Å²) in [5, 5.41) is 13.5. The molecule has 1 saturated heterocycles. The van der Waals surface area contributed by atoms with E-state index in [4.69, 9.17) is 18.9 Å². The molecule has 0 unspecified atom stereocenters. The van der Waals surface area contributed by atoms with Gasteiger partial charge in [-0.05, 0) is 79.1 Å². The van der Waals surface area contributed by atoms with Crippen LogP contribution in [0.15, 0.2) is 30.3 Å². The number of rotatable bonds is 9. The van der Waals surface area contributed by atoms with E-state index in [1.165, 1.54) is 24.9 Å². The number of likely N-dealkylation sites (tertiary alicyclic amines) is 1. The minimum absolute atomic E-state index is 0.0107. The van der Waals surface area contributed by atoms with Gasteiger partial charge in [0.15, 0.2) is 5.54 Å². The molecule has 1 aliphatic carbocycles. The molecule has 1 saturated carbocycles. The summed E-state index contributed by atoms with van der Waals surface area (Å²) >= 11 is 0. The number of carboxylic acids is 1. The van der Waals surface area contributed by atoms with E-state index in [9.17, 15) is 14.7 Å². The molecule has 2 fully saturated rings. The second kappa shape index (κ2) is 11.9. The molecule has 1 amide bonds. The quantitative estimate of drug-likeness (QED) is 0.457. The monoisotopic (exact) mass is 526 g/mol. The van der Waals surface area contributed by atoms with Crippen molar-refractivity contribution in [3.05, 3.63) is 41.5 Å². The summed E-state index contributed by atoms with van der Waals surface area (Å²) in [6.07, 6.45) is 5.06. The average Bonchev–Trinajstić information content (AvgIpc) is 3.44. The van der Waals surface area contributed by atoms with Gasteiger partial charge < -0.3 is 34.3 Å². The van der Waals surface area contributed by atoms with E-state index < -0.39 is 17.6 Å². The zero-order valence-corrected chi connectivity index (χ0v) is 22.7. The van der Waals surface area contributed by atoms with Crippen LogP contribution in [0, 0.1) is 6.92 Å². The molecule has 1 atom stereocenters. The molecular formula is C29H38N2O7. The van der Waals surface area contributed by atoms with Crippen molar-refractivity contribution in [3.63, 3.8) is 0 Å². The van der Waals surface area contributed by atoms with Gasteiger partial charge in [0.2, 0.25) is 0 Å². The first kappa shape index (κ1) is 27.6. The number of carbonyl (C=O) groups excluding carboxylic acids is 1. The Hall–Kier alpha value is -3.46. The van der Waals surface area contributed by atoms with E-state index in [1.54, 1.807) is 14.2 Å². The topological polar surface area (TPSA) is 107 Å². The van der Waals surface area contributed by atoms with Crippen LogP contribution in [-0.2, 0) is 20.9 Å². The zero-order valence-electron chi connectivity index (χ0n) is 22.7. The number of piperidine rings is 1. The van der Waals surface area contributed by atoms with Gasteiger partial charge in [-0.2, -0.15) is 0 Å². The molecule has 0 bridgehead atoms. The van der Waals surface area contributed by atoms with Crippen molar-refractivity contribution in [1.82, 2.24) is 4.90 Å². The molecule has 1 heterocycles. The van der Waals surface area contributed by atoms with Gasteiger partial charge in [0.1, 0.15) is 11.5 Å². The van der Waals surface area contributed by atoms with Crippen molar-refractivity contribution in [2.75, 3.05) is 39.7 Å². The lowest BCUT2D eigenvalue weighted by molar-refractivity contribution is -0.144. The van der Waals surface area contributed by atoms with Crippen LogP contribution in [0.4, 0.5) is 10.5 Å². The van der Waals surface area contributed by atoms with E-state index in [0.29, 0.717) is 43.2 Å². The summed E-state index contributed by atoms with van der Waals surface area (Å²) in [6.45, 7) is 2.86. The molecule has 2 aromatic rings. The van der Waals surface area contributed by atoms with E-state index in [2.05, 4.69) is 5.32 Å². The molecule has 38 heavy (non-hydrogen) atoms. The van der Waals surface area contributed by atoms with E-state index in [-0.39, 0.29) is 12.6 Å². The molecule has 0 aromatic heterocycles. The number of nitrogens with zero attached hydrogens (tertiary/aromatic N) is 1. The number of aryl methyl sites for hydroxylation is 1. The molecule has 4 rings (SSSR count). The number of benzene rings is 2. The molecule has 2 aliphatic rings. The highest BCUT2D eigenvalue weighted by molar-refractivity contribution is 5.85. The number of carboxylic acid groups (broad SMARTS) is 1. The van der Waals surface area contributed by atoms with Gasteiger partial charge in [0, 0.05) is 18.3 Å². The lowest BCUT2D eigenvalue weighted by Crippen LogP contribution is -2.59. The van der Waals surface area contributed by atoms with Gasteiger partial charge in [-0.1, -0.05) is 12.8 Å². The molecule has 2 aromatic carbocycles. The second-order valence-electron chi connectivity index (χ2n) is 10.2. The Morgan fingerprint density at radius 1 is 1.03 bits per heavy atom. The Morgan fingerprint density at radius 2 is 1.71 bits per heavy atom. The lowest BCUT2D eigenvalue weighted by Gasteiger charge is -2.40. The number of carbonyl (C=O) groups is 2. The van der Waals surface area contributed by atoms with Gasteiger partial charge in [-0.15, -0.1) is 0 Å². The maximum atomic E-state index is 12.5. The molecule has 9 heteroatoms. The molecule has 0 spiro atoms. The number of amides is 1. The third kappa shape index (κ3) is 5.99. The van der Waals surface area contributed by atoms with Crippen LogP contribution in [0.25, 0.3) is 11.1 Å². The van der Waals surface area contributed by atoms with Gasteiger partial charge >= 0.3 is 12.1 Å². The maximum Gasteiger partial charge on any atom is 0.409 e. The van der Waals surface area contributed by atoms with Crippen LogP contribution < -0.4 is 14.8 Å². The van der Waals surface area contributed by atoms with Crippen LogP contribution >= 0.6 is 0 Å². The fraction of sp³-hybridized carbons (Fsp3) is 0.517. The Labute approximate surface area is 224 Å². The summed E-state index contributed by atoms with van der Waals surface area (Å²) in [4.78, 5) is 26.2. The second-order valence-corrected chi connectivity index (χ2v) is 10.2. The third-order valence-corrected chi connectivity index (χ3v) is 7.55. The van der Waals surface area contributed by atoms with Gasteiger partial charge in [0.25, 0.3) is 0 Å². The van der Waals surface area contributed by atoms with Crippen LogP contribution in [0.5, 0.6) is 11.5 Å². The standard InChI is InChI=1S/C29H38N2O7/c1-19-12-22(30-29(27(32)33)10-7-11-31(18-29)28(34)37-4)13-21(17-38-23-8-5-6-9-23)26(19)20-14-24(35-2)16-25(15-20)36-3/h12-16,23,30H,5-11,17-18H2,1-4H3,(H,32,33)/t29-/m0/s1. The van der Waals surface area contributed by atoms with Crippen molar-refractivity contribution in [2.24, 2.45) is 0 Å². The number of anilines is 1. The molecule has 9 nitrogen and oxygen atoms in total. The Balaban J connectivity index is 1.73. The highest BCUT2D eigenvalue weighted by Crippen LogP contribution is 2.38. The smallest absolute Gasteiger partial charge is 0.409 e. The van der Waals surface area contributed by atoms with Crippen LogP contribution in [0.1, 0.15) is 49.7 Å². The number of hydrogen-bond acceptors (Lipinski definition) is 7. The summed E-state index contributed by atoms with van der Waals surface area (Å²) in [7, 11) is 4.55. The van der Waals surface area contributed by atoms with Crippen molar-refractivity contribution >= 4 is 17.7 Å². The normalized spacial score (nSPS) is 19.7. The van der Waals surface area contributed by atoms with Crippen molar-refractivity contribution in [1.29, 1.82) is 0 Å².